The summed E-state index contributed by atoms with van der Waals surface area (Å²) in [5, 5.41) is 6.89. The summed E-state index contributed by atoms with van der Waals surface area (Å²) in [6.07, 6.45) is 6.24. The molecule has 0 aliphatic carbocycles. The van der Waals surface area contributed by atoms with E-state index in [2.05, 4.69) is 55.5 Å². The number of anilines is 2. The number of halogens is 1. The molecule has 2 amide bonds. The van der Waals surface area contributed by atoms with E-state index in [9.17, 15) is 9.59 Å². The Kier molecular flexibility index (Phi) is 9.21. The molecule has 2 saturated heterocycles. The van der Waals surface area contributed by atoms with Gasteiger partial charge in [0, 0.05) is 62.3 Å². The third-order valence-electron chi connectivity index (χ3n) is 9.21. The van der Waals surface area contributed by atoms with E-state index in [0.29, 0.717) is 48.0 Å². The van der Waals surface area contributed by atoms with Gasteiger partial charge in [0.05, 0.1) is 23.0 Å². The van der Waals surface area contributed by atoms with E-state index < -0.39 is 6.04 Å². The SMILES string of the molecule is C[C@H](C(=O)N[C@H](C)c1ccnc(N2CC[C@H](N(C)C)C2)c1)N1Cc2ccc(-c3nc(NC4CCOCC4)ncc3Cl)cc2C1=O. The first-order chi connectivity index (χ1) is 21.7. The fourth-order valence-electron chi connectivity index (χ4n) is 6.25. The van der Waals surface area contributed by atoms with Crippen LogP contribution < -0.4 is 15.5 Å². The summed E-state index contributed by atoms with van der Waals surface area (Å²) in [6, 6.07) is 9.46. The molecular weight excluding hydrogens is 592 g/mol. The van der Waals surface area contributed by atoms with E-state index in [1.807, 2.05) is 31.2 Å². The number of nitrogens with one attached hydrogen (secondary N) is 2. The lowest BCUT2D eigenvalue weighted by Crippen LogP contribution is -2.45. The Hall–Kier alpha value is -3.80. The fourth-order valence-corrected chi connectivity index (χ4v) is 6.45. The van der Waals surface area contributed by atoms with Crippen LogP contribution in [0.2, 0.25) is 5.02 Å². The monoisotopic (exact) mass is 632 g/mol. The van der Waals surface area contributed by atoms with E-state index in [1.54, 1.807) is 24.2 Å². The number of hydrogen-bond acceptors (Lipinski definition) is 9. The molecule has 12 heteroatoms. The largest absolute Gasteiger partial charge is 0.381 e. The summed E-state index contributed by atoms with van der Waals surface area (Å²) in [5.41, 5.74) is 3.66. The van der Waals surface area contributed by atoms with Gasteiger partial charge in [-0.25, -0.2) is 15.0 Å². The lowest BCUT2D eigenvalue weighted by atomic mass is 10.0. The fraction of sp³-hybridized carbons (Fsp3) is 0.485. The number of amides is 2. The highest BCUT2D eigenvalue weighted by atomic mass is 35.5. The lowest BCUT2D eigenvalue weighted by Gasteiger charge is -2.26. The quantitative estimate of drug-likeness (QED) is 0.359. The van der Waals surface area contributed by atoms with Crippen LogP contribution >= 0.6 is 11.6 Å². The smallest absolute Gasteiger partial charge is 0.255 e. The van der Waals surface area contributed by atoms with Gasteiger partial charge in [0.15, 0.2) is 0 Å². The van der Waals surface area contributed by atoms with E-state index >= 15 is 0 Å². The highest BCUT2D eigenvalue weighted by Crippen LogP contribution is 2.33. The highest BCUT2D eigenvalue weighted by Gasteiger charge is 2.35. The molecule has 0 bridgehead atoms. The third-order valence-corrected chi connectivity index (χ3v) is 9.48. The molecule has 2 aromatic heterocycles. The van der Waals surface area contributed by atoms with Crippen LogP contribution in [0, 0.1) is 0 Å². The molecule has 6 rings (SSSR count). The average Bonchev–Trinajstić information content (AvgIpc) is 3.67. The number of benzene rings is 1. The molecule has 3 aliphatic rings. The van der Waals surface area contributed by atoms with Gasteiger partial charge >= 0.3 is 0 Å². The van der Waals surface area contributed by atoms with Gasteiger partial charge < -0.3 is 30.1 Å². The summed E-state index contributed by atoms with van der Waals surface area (Å²) in [7, 11) is 4.21. The minimum absolute atomic E-state index is 0.191. The van der Waals surface area contributed by atoms with Crippen molar-refractivity contribution >= 4 is 35.2 Å². The zero-order chi connectivity index (χ0) is 31.7. The maximum atomic E-state index is 13.6. The third kappa shape index (κ3) is 6.75. The van der Waals surface area contributed by atoms with Crippen molar-refractivity contribution in [3.63, 3.8) is 0 Å². The van der Waals surface area contributed by atoms with Crippen molar-refractivity contribution in [3.8, 4) is 11.3 Å². The standard InChI is InChI=1S/C33H41ClN8O3/c1-20(22-7-11-35-29(16-22)41-12-8-26(19-41)40(3)4)37-31(43)21(2)42-18-24-6-5-23(15-27(24)32(42)44)30-28(34)17-36-33(39-30)38-25-9-13-45-14-10-25/h5-7,11,15-17,20-21,25-26H,8-10,12-14,18-19H2,1-4H3,(H,37,43)(H,36,38,39)/t20-,21-,26+/m1/s1. The topological polar surface area (TPSA) is 116 Å². The van der Waals surface area contributed by atoms with E-state index in [1.165, 1.54) is 0 Å². The van der Waals surface area contributed by atoms with E-state index in [0.717, 1.165) is 54.9 Å². The molecule has 1 aromatic carbocycles. The Morgan fingerprint density at radius 2 is 1.91 bits per heavy atom. The molecule has 45 heavy (non-hydrogen) atoms. The second kappa shape index (κ2) is 13.3. The van der Waals surface area contributed by atoms with E-state index in [-0.39, 0.29) is 23.9 Å². The molecule has 3 aromatic rings. The number of nitrogens with zero attached hydrogens (tertiary/aromatic N) is 6. The number of aromatic nitrogens is 3. The Morgan fingerprint density at radius 3 is 2.67 bits per heavy atom. The van der Waals surface area contributed by atoms with Gasteiger partial charge in [0.2, 0.25) is 11.9 Å². The van der Waals surface area contributed by atoms with Crippen LogP contribution in [-0.2, 0) is 16.1 Å². The van der Waals surface area contributed by atoms with Crippen LogP contribution in [0.25, 0.3) is 11.3 Å². The molecule has 2 N–H and O–H groups in total. The number of pyridine rings is 1. The molecule has 2 fully saturated rings. The van der Waals surface area contributed by atoms with Gasteiger partial charge in [-0.3, -0.25) is 9.59 Å². The van der Waals surface area contributed by atoms with Crippen molar-refractivity contribution in [1.29, 1.82) is 0 Å². The molecule has 0 spiro atoms. The summed E-state index contributed by atoms with van der Waals surface area (Å²) >= 11 is 6.52. The number of fused-ring (bicyclic) bond motifs is 1. The van der Waals surface area contributed by atoms with Gasteiger partial charge in [0.25, 0.3) is 5.91 Å². The molecule has 5 heterocycles. The summed E-state index contributed by atoms with van der Waals surface area (Å²) < 4.78 is 5.44. The molecule has 238 valence electrons. The maximum absolute atomic E-state index is 13.6. The second-order valence-electron chi connectivity index (χ2n) is 12.4. The Bertz CT molecular complexity index is 1560. The van der Waals surface area contributed by atoms with Crippen LogP contribution in [-0.4, -0.2) is 95.1 Å². The van der Waals surface area contributed by atoms with Gasteiger partial charge in [-0.05, 0) is 76.5 Å². The van der Waals surface area contributed by atoms with Crippen LogP contribution in [0.1, 0.15) is 60.6 Å². The van der Waals surface area contributed by atoms with Crippen LogP contribution in [0.4, 0.5) is 11.8 Å². The first kappa shape index (κ1) is 31.2. The van der Waals surface area contributed by atoms with E-state index in [4.69, 9.17) is 16.3 Å². The minimum atomic E-state index is -0.658. The molecular formula is C33H41ClN8O3. The Labute approximate surface area is 269 Å². The minimum Gasteiger partial charge on any atom is -0.381 e. The number of carbonyl (C=O) groups excluding carboxylic acids is 2. The van der Waals surface area contributed by atoms with Crippen LogP contribution in [0.15, 0.2) is 42.7 Å². The van der Waals surface area contributed by atoms with Crippen LogP contribution in [0.3, 0.4) is 0 Å². The predicted octanol–water partition coefficient (Wildman–Crippen LogP) is 4.14. The van der Waals surface area contributed by atoms with Crippen molar-refractivity contribution in [3.05, 3.63) is 64.4 Å². The van der Waals surface area contributed by atoms with Crippen molar-refractivity contribution in [2.24, 2.45) is 0 Å². The normalized spacial score (nSPS) is 20.0. The number of rotatable bonds is 9. The van der Waals surface area contributed by atoms with Crippen molar-refractivity contribution in [1.82, 2.24) is 30.1 Å². The summed E-state index contributed by atoms with van der Waals surface area (Å²) in [5.74, 6) is 1.01. The maximum Gasteiger partial charge on any atom is 0.255 e. The van der Waals surface area contributed by atoms with Gasteiger partial charge in [-0.1, -0.05) is 23.7 Å². The van der Waals surface area contributed by atoms with Crippen molar-refractivity contribution < 1.29 is 14.3 Å². The summed E-state index contributed by atoms with van der Waals surface area (Å²) in [6.45, 7) is 7.38. The number of hydrogen-bond donors (Lipinski definition) is 2. The van der Waals surface area contributed by atoms with Crippen molar-refractivity contribution in [2.45, 2.75) is 63.8 Å². The first-order valence-corrected chi connectivity index (χ1v) is 16.0. The lowest BCUT2D eigenvalue weighted by molar-refractivity contribution is -0.125. The molecule has 3 aliphatic heterocycles. The second-order valence-corrected chi connectivity index (χ2v) is 12.8. The first-order valence-electron chi connectivity index (χ1n) is 15.7. The van der Waals surface area contributed by atoms with Gasteiger partial charge in [0.1, 0.15) is 11.9 Å². The van der Waals surface area contributed by atoms with Gasteiger partial charge in [-0.2, -0.15) is 0 Å². The Morgan fingerprint density at radius 1 is 1.11 bits per heavy atom. The average molecular weight is 633 g/mol. The number of carbonyl (C=O) groups is 2. The highest BCUT2D eigenvalue weighted by molar-refractivity contribution is 6.33. The summed E-state index contributed by atoms with van der Waals surface area (Å²) in [4.78, 5) is 46.8. The van der Waals surface area contributed by atoms with Gasteiger partial charge in [-0.15, -0.1) is 0 Å². The Balaban J connectivity index is 1.11. The van der Waals surface area contributed by atoms with Crippen LogP contribution in [0.5, 0.6) is 0 Å². The number of likely N-dealkylation sites (N-methyl/N-ethyl adjacent to an activating group) is 1. The predicted molar refractivity (Wildman–Crippen MR) is 174 cm³/mol. The molecule has 0 radical (unpaired) electrons. The molecule has 3 atom stereocenters. The zero-order valence-corrected chi connectivity index (χ0v) is 27.0. The zero-order valence-electron chi connectivity index (χ0n) is 26.3. The molecule has 11 nitrogen and oxygen atoms in total. The molecule has 0 saturated carbocycles. The van der Waals surface area contributed by atoms with Crippen molar-refractivity contribution in [2.75, 3.05) is 50.6 Å². The molecule has 0 unspecified atom stereocenters. The number of ether oxygens (including phenoxy) is 1.